The molecule has 0 saturated carbocycles. The lowest BCUT2D eigenvalue weighted by atomic mass is 10.1. The van der Waals surface area contributed by atoms with Crippen molar-refractivity contribution in [3.8, 4) is 11.5 Å². The lowest BCUT2D eigenvalue weighted by Crippen LogP contribution is -2.43. The van der Waals surface area contributed by atoms with Crippen LogP contribution in [0.5, 0.6) is 11.5 Å². The van der Waals surface area contributed by atoms with E-state index in [1.807, 2.05) is 11.8 Å². The Hall–Kier alpha value is -0.830. The van der Waals surface area contributed by atoms with Crippen molar-refractivity contribution in [3.63, 3.8) is 0 Å². The number of guanidine groups is 1. The number of thioether (sulfide) groups is 1. The van der Waals surface area contributed by atoms with E-state index in [4.69, 9.17) is 9.47 Å². The fourth-order valence-corrected chi connectivity index (χ4v) is 2.79. The predicted octanol–water partition coefficient (Wildman–Crippen LogP) is 3.44. The Balaban J connectivity index is 0.00000312. The zero-order valence-corrected chi connectivity index (χ0v) is 19.1. The molecule has 5 nitrogen and oxygen atoms in total. The van der Waals surface area contributed by atoms with Crippen LogP contribution in [-0.4, -0.2) is 43.8 Å². The Bertz CT molecular complexity index is 608. The van der Waals surface area contributed by atoms with E-state index in [1.54, 1.807) is 14.2 Å². The van der Waals surface area contributed by atoms with E-state index in [1.165, 1.54) is 5.56 Å². The Morgan fingerprint density at radius 2 is 2.12 bits per heavy atom. The zero-order chi connectivity index (χ0) is 17.7. The molecule has 0 aliphatic carbocycles. The van der Waals surface area contributed by atoms with E-state index in [0.717, 1.165) is 36.0 Å². The Morgan fingerprint density at radius 3 is 2.72 bits per heavy atom. The number of aliphatic imine (C=N–C) groups is 1. The van der Waals surface area contributed by atoms with Crippen molar-refractivity contribution in [2.75, 3.05) is 27.0 Å². The summed E-state index contributed by atoms with van der Waals surface area (Å²) in [7, 11) is 3.49. The summed E-state index contributed by atoms with van der Waals surface area (Å²) < 4.78 is 11.6. The van der Waals surface area contributed by atoms with Gasteiger partial charge in [-0.1, -0.05) is 0 Å². The third-order valence-electron chi connectivity index (χ3n) is 4.20. The molecule has 0 amide bonds. The van der Waals surface area contributed by atoms with E-state index < -0.39 is 0 Å². The van der Waals surface area contributed by atoms with Gasteiger partial charge in [-0.3, -0.25) is 4.99 Å². The summed E-state index contributed by atoms with van der Waals surface area (Å²) in [5.41, 5.74) is 2.28. The second-order valence-corrected chi connectivity index (χ2v) is 8.16. The number of nitrogens with one attached hydrogen (secondary N) is 2. The number of fused-ring (bicyclic) bond motifs is 1. The third kappa shape index (κ3) is 6.13. The molecule has 2 N–H and O–H groups in total. The second-order valence-electron chi connectivity index (χ2n) is 6.65. The summed E-state index contributed by atoms with van der Waals surface area (Å²) in [5.74, 6) is 2.64. The van der Waals surface area contributed by atoms with Gasteiger partial charge in [0.15, 0.2) is 5.96 Å². The van der Waals surface area contributed by atoms with Gasteiger partial charge in [0.1, 0.15) is 17.6 Å². The van der Waals surface area contributed by atoms with Crippen molar-refractivity contribution in [2.45, 2.75) is 44.6 Å². The molecule has 1 aromatic rings. The summed E-state index contributed by atoms with van der Waals surface area (Å²) in [4.78, 5) is 4.29. The molecule has 1 unspecified atom stereocenters. The first-order chi connectivity index (χ1) is 11.4. The number of rotatable bonds is 6. The van der Waals surface area contributed by atoms with Crippen LogP contribution in [0.4, 0.5) is 0 Å². The van der Waals surface area contributed by atoms with Crippen molar-refractivity contribution < 1.29 is 9.47 Å². The molecule has 0 fully saturated rings. The van der Waals surface area contributed by atoms with Crippen molar-refractivity contribution in [1.29, 1.82) is 0 Å². The SMILES string of the molecule is CN=C(NCc1cc2c(cc1OC)CC(C)O2)NCC(C)(C)SC.I. The van der Waals surface area contributed by atoms with Crippen LogP contribution in [0, 0.1) is 0 Å². The molecule has 0 saturated heterocycles. The normalized spacial score (nSPS) is 16.6. The van der Waals surface area contributed by atoms with Crippen LogP contribution in [-0.2, 0) is 13.0 Å². The van der Waals surface area contributed by atoms with Crippen molar-refractivity contribution in [3.05, 3.63) is 23.3 Å². The summed E-state index contributed by atoms with van der Waals surface area (Å²) >= 11 is 1.83. The number of ether oxygens (including phenoxy) is 2. The highest BCUT2D eigenvalue weighted by atomic mass is 127. The molecule has 1 aliphatic heterocycles. The summed E-state index contributed by atoms with van der Waals surface area (Å²) in [6.45, 7) is 7.98. The highest BCUT2D eigenvalue weighted by Crippen LogP contribution is 2.34. The van der Waals surface area contributed by atoms with Crippen LogP contribution in [0.1, 0.15) is 31.9 Å². The minimum atomic E-state index is 0. The fraction of sp³-hybridized carbons (Fsp3) is 0.611. The van der Waals surface area contributed by atoms with Crippen LogP contribution in [0.2, 0.25) is 0 Å². The number of methoxy groups -OCH3 is 1. The molecule has 0 aromatic heterocycles. The van der Waals surface area contributed by atoms with Crippen LogP contribution in [0.3, 0.4) is 0 Å². The third-order valence-corrected chi connectivity index (χ3v) is 5.45. The van der Waals surface area contributed by atoms with E-state index >= 15 is 0 Å². The maximum atomic E-state index is 5.85. The van der Waals surface area contributed by atoms with E-state index in [9.17, 15) is 0 Å². The predicted molar refractivity (Wildman–Crippen MR) is 118 cm³/mol. The van der Waals surface area contributed by atoms with Gasteiger partial charge in [-0.2, -0.15) is 11.8 Å². The maximum Gasteiger partial charge on any atom is 0.191 e. The van der Waals surface area contributed by atoms with Crippen LogP contribution >= 0.6 is 35.7 Å². The molecule has 1 aliphatic rings. The minimum Gasteiger partial charge on any atom is -0.496 e. The number of halogens is 1. The van der Waals surface area contributed by atoms with E-state index in [-0.39, 0.29) is 34.8 Å². The highest BCUT2D eigenvalue weighted by Gasteiger charge is 2.22. The first-order valence-corrected chi connectivity index (χ1v) is 9.47. The summed E-state index contributed by atoms with van der Waals surface area (Å²) in [5, 5.41) is 6.73. The lowest BCUT2D eigenvalue weighted by molar-refractivity contribution is 0.254. The monoisotopic (exact) mass is 479 g/mol. The Morgan fingerprint density at radius 1 is 1.40 bits per heavy atom. The number of benzene rings is 1. The Kier molecular flexibility index (Phi) is 8.67. The topological polar surface area (TPSA) is 54.9 Å². The molecule has 142 valence electrons. The molecule has 2 rings (SSSR count). The molecule has 0 bridgehead atoms. The van der Waals surface area contributed by atoms with Crippen molar-refractivity contribution >= 4 is 41.7 Å². The van der Waals surface area contributed by atoms with Gasteiger partial charge >= 0.3 is 0 Å². The smallest absolute Gasteiger partial charge is 0.191 e. The molecule has 1 heterocycles. The van der Waals surface area contributed by atoms with Crippen molar-refractivity contribution in [1.82, 2.24) is 10.6 Å². The highest BCUT2D eigenvalue weighted by molar-refractivity contribution is 14.0. The standard InChI is InChI=1S/C18H29N3O2S.HI/c1-12-7-13-8-15(22-5)14(9-16(13)23-12)10-20-17(19-4)21-11-18(2,3)24-6;/h8-9,12H,7,10-11H2,1-6H3,(H2,19,20,21);1H. The molecule has 7 heteroatoms. The van der Waals surface area contributed by atoms with E-state index in [2.05, 4.69) is 54.8 Å². The van der Waals surface area contributed by atoms with Gasteiger partial charge in [0, 0.05) is 42.4 Å². The fourth-order valence-electron chi connectivity index (χ4n) is 2.58. The van der Waals surface area contributed by atoms with Crippen LogP contribution in [0.25, 0.3) is 0 Å². The largest absolute Gasteiger partial charge is 0.496 e. The molecular formula is C18H30IN3O2S. The lowest BCUT2D eigenvalue weighted by Gasteiger charge is -2.24. The molecule has 1 aromatic carbocycles. The maximum absolute atomic E-state index is 5.85. The summed E-state index contributed by atoms with van der Waals surface area (Å²) in [6.07, 6.45) is 3.29. The minimum absolute atomic E-state index is 0. The number of nitrogens with zero attached hydrogens (tertiary/aromatic N) is 1. The summed E-state index contributed by atoms with van der Waals surface area (Å²) in [6, 6.07) is 4.16. The molecule has 0 radical (unpaired) electrons. The quantitative estimate of drug-likeness (QED) is 0.372. The number of hydrogen-bond donors (Lipinski definition) is 2. The molecular weight excluding hydrogens is 449 g/mol. The van der Waals surface area contributed by atoms with Gasteiger partial charge in [0.2, 0.25) is 0 Å². The molecule has 25 heavy (non-hydrogen) atoms. The van der Waals surface area contributed by atoms with Gasteiger partial charge in [0.25, 0.3) is 0 Å². The second kappa shape index (κ2) is 9.75. The molecule has 0 spiro atoms. The zero-order valence-electron chi connectivity index (χ0n) is 15.9. The van der Waals surface area contributed by atoms with Crippen LogP contribution < -0.4 is 20.1 Å². The molecule has 1 atom stereocenters. The van der Waals surface area contributed by atoms with Gasteiger partial charge in [0.05, 0.1) is 7.11 Å². The van der Waals surface area contributed by atoms with E-state index in [0.29, 0.717) is 6.54 Å². The van der Waals surface area contributed by atoms with Gasteiger partial charge in [-0.15, -0.1) is 24.0 Å². The average Bonchev–Trinajstić information content (AvgIpc) is 2.92. The first kappa shape index (κ1) is 22.2. The van der Waals surface area contributed by atoms with Crippen molar-refractivity contribution in [2.24, 2.45) is 4.99 Å². The van der Waals surface area contributed by atoms with Gasteiger partial charge in [-0.25, -0.2) is 0 Å². The first-order valence-electron chi connectivity index (χ1n) is 8.24. The van der Waals surface area contributed by atoms with Gasteiger partial charge in [-0.05, 0) is 39.2 Å². The van der Waals surface area contributed by atoms with Crippen LogP contribution in [0.15, 0.2) is 17.1 Å². The van der Waals surface area contributed by atoms with Gasteiger partial charge < -0.3 is 20.1 Å². The Labute approximate surface area is 172 Å². The number of hydrogen-bond acceptors (Lipinski definition) is 4. The average molecular weight is 479 g/mol.